The molecule has 0 bridgehead atoms. The number of hydrogen-bond donors (Lipinski definition) is 1. The van der Waals surface area contributed by atoms with Gasteiger partial charge in [-0.05, 0) is 49.3 Å². The zero-order valence-corrected chi connectivity index (χ0v) is 20.0. The van der Waals surface area contributed by atoms with Crippen molar-refractivity contribution in [2.75, 3.05) is 18.0 Å². The Balaban J connectivity index is 1.19. The molecule has 2 fully saturated rings. The van der Waals surface area contributed by atoms with Gasteiger partial charge in [-0.25, -0.2) is 4.39 Å². The summed E-state index contributed by atoms with van der Waals surface area (Å²) in [6, 6.07) is 6.52. The van der Waals surface area contributed by atoms with Gasteiger partial charge in [-0.15, -0.1) is 20.4 Å². The number of aromatic nitrogens is 5. The van der Waals surface area contributed by atoms with Crippen LogP contribution in [0.15, 0.2) is 29.4 Å². The van der Waals surface area contributed by atoms with Crippen molar-refractivity contribution in [1.82, 2.24) is 30.3 Å². The topological polar surface area (TPSA) is 88.8 Å². The Morgan fingerprint density at radius 1 is 1.12 bits per heavy atom. The van der Waals surface area contributed by atoms with Crippen LogP contribution < -0.4 is 10.2 Å². The Bertz CT molecular complexity index is 1100. The van der Waals surface area contributed by atoms with E-state index in [0.29, 0.717) is 23.3 Å². The quantitative estimate of drug-likeness (QED) is 0.479. The average molecular weight is 488 g/mol. The summed E-state index contributed by atoms with van der Waals surface area (Å²) in [6.07, 6.45) is 4.72. The first-order valence-corrected chi connectivity index (χ1v) is 13.0. The van der Waals surface area contributed by atoms with Crippen LogP contribution >= 0.6 is 23.1 Å². The third kappa shape index (κ3) is 5.35. The molecule has 1 amide bonds. The van der Waals surface area contributed by atoms with Crippen LogP contribution in [0.2, 0.25) is 0 Å². The Labute approximate surface area is 200 Å². The number of amides is 1. The fourth-order valence-electron chi connectivity index (χ4n) is 3.83. The first-order valence-electron chi connectivity index (χ1n) is 11.2. The third-order valence-corrected chi connectivity index (χ3v) is 8.04. The number of hydrogen-bond acceptors (Lipinski definition) is 8. The molecular formula is C22H26FN7OS2. The molecular weight excluding hydrogens is 461 g/mol. The van der Waals surface area contributed by atoms with Gasteiger partial charge in [0.2, 0.25) is 11.0 Å². The first kappa shape index (κ1) is 22.3. The summed E-state index contributed by atoms with van der Waals surface area (Å²) in [4.78, 5) is 14.8. The van der Waals surface area contributed by atoms with E-state index < -0.39 is 0 Å². The molecule has 8 nitrogen and oxygen atoms in total. The number of anilines is 1. The van der Waals surface area contributed by atoms with Crippen molar-refractivity contribution in [3.63, 3.8) is 0 Å². The van der Waals surface area contributed by atoms with E-state index in [9.17, 15) is 9.18 Å². The van der Waals surface area contributed by atoms with E-state index in [1.807, 2.05) is 0 Å². The molecule has 1 saturated heterocycles. The van der Waals surface area contributed by atoms with Crippen LogP contribution in [-0.2, 0) is 12.3 Å². The summed E-state index contributed by atoms with van der Waals surface area (Å²) in [5, 5.41) is 22.0. The molecule has 0 atom stereocenters. The van der Waals surface area contributed by atoms with Crippen molar-refractivity contribution in [2.45, 2.75) is 56.1 Å². The predicted molar refractivity (Wildman–Crippen MR) is 126 cm³/mol. The van der Waals surface area contributed by atoms with Crippen molar-refractivity contribution >= 4 is 35.0 Å². The number of piperidine rings is 1. The number of nitrogens with zero attached hydrogens (tertiary/aromatic N) is 6. The van der Waals surface area contributed by atoms with Gasteiger partial charge < -0.3 is 10.2 Å². The van der Waals surface area contributed by atoms with E-state index in [1.165, 1.54) is 49.2 Å². The second-order valence-electron chi connectivity index (χ2n) is 8.65. The summed E-state index contributed by atoms with van der Waals surface area (Å²) >= 11 is 2.87. The van der Waals surface area contributed by atoms with E-state index in [4.69, 9.17) is 0 Å². The molecule has 1 aliphatic heterocycles. The molecule has 3 aromatic rings. The lowest BCUT2D eigenvalue weighted by Crippen LogP contribution is -2.34. The zero-order valence-electron chi connectivity index (χ0n) is 18.4. The van der Waals surface area contributed by atoms with Gasteiger partial charge in [0.1, 0.15) is 10.8 Å². The maximum atomic E-state index is 13.0. The fourth-order valence-corrected chi connectivity index (χ4v) is 5.58. The third-order valence-electron chi connectivity index (χ3n) is 5.98. The number of rotatable bonds is 8. The van der Waals surface area contributed by atoms with E-state index in [-0.39, 0.29) is 11.7 Å². The number of thioether (sulfide) groups is 1. The number of carbonyl (C=O) groups is 1. The van der Waals surface area contributed by atoms with Gasteiger partial charge in [-0.3, -0.25) is 9.36 Å². The summed E-state index contributed by atoms with van der Waals surface area (Å²) in [6.45, 7) is 4.68. The lowest BCUT2D eigenvalue weighted by molar-refractivity contribution is 0.0950. The molecule has 1 N–H and O–H groups in total. The highest BCUT2D eigenvalue weighted by Crippen LogP contribution is 2.42. The van der Waals surface area contributed by atoms with Crippen LogP contribution in [0, 0.1) is 11.7 Å². The summed E-state index contributed by atoms with van der Waals surface area (Å²) < 4.78 is 15.3. The van der Waals surface area contributed by atoms with Crippen LogP contribution in [0.25, 0.3) is 0 Å². The van der Waals surface area contributed by atoms with E-state index in [2.05, 4.69) is 42.1 Å². The van der Waals surface area contributed by atoms with Gasteiger partial charge in [-0.1, -0.05) is 42.2 Å². The maximum absolute atomic E-state index is 13.0. The normalized spacial score (nSPS) is 16.8. The summed E-state index contributed by atoms with van der Waals surface area (Å²) in [7, 11) is 0. The predicted octanol–water partition coefficient (Wildman–Crippen LogP) is 4.06. The van der Waals surface area contributed by atoms with E-state index in [1.54, 1.807) is 23.9 Å². The van der Waals surface area contributed by atoms with Gasteiger partial charge in [0, 0.05) is 25.7 Å². The largest absolute Gasteiger partial charge is 0.346 e. The summed E-state index contributed by atoms with van der Waals surface area (Å²) in [5.74, 6) is 1.77. The highest BCUT2D eigenvalue weighted by atomic mass is 32.2. The van der Waals surface area contributed by atoms with Crippen LogP contribution in [0.4, 0.5) is 10.3 Å². The molecule has 0 spiro atoms. The molecule has 0 unspecified atom stereocenters. The highest BCUT2D eigenvalue weighted by molar-refractivity contribution is 7.98. The number of carbonyl (C=O) groups excluding carboxylic acids is 1. The average Bonchev–Trinajstić information content (AvgIpc) is 3.39. The number of halogens is 1. The van der Waals surface area contributed by atoms with Crippen LogP contribution in [0.5, 0.6) is 0 Å². The van der Waals surface area contributed by atoms with E-state index >= 15 is 0 Å². The minimum atomic E-state index is -0.300. The molecule has 2 aromatic heterocycles. The van der Waals surface area contributed by atoms with Gasteiger partial charge in [0.25, 0.3) is 5.91 Å². The minimum absolute atomic E-state index is 0.282. The maximum Gasteiger partial charge on any atom is 0.282 e. The highest BCUT2D eigenvalue weighted by Gasteiger charge is 2.32. The van der Waals surface area contributed by atoms with Crippen molar-refractivity contribution < 1.29 is 9.18 Å². The number of nitrogens with one attached hydrogen (secondary N) is 1. The Morgan fingerprint density at radius 3 is 2.61 bits per heavy atom. The van der Waals surface area contributed by atoms with Crippen molar-refractivity contribution in [1.29, 1.82) is 0 Å². The molecule has 11 heteroatoms. The van der Waals surface area contributed by atoms with Crippen LogP contribution in [-0.4, -0.2) is 44.0 Å². The number of benzene rings is 1. The van der Waals surface area contributed by atoms with Gasteiger partial charge >= 0.3 is 0 Å². The molecule has 33 heavy (non-hydrogen) atoms. The van der Waals surface area contributed by atoms with Gasteiger partial charge in [-0.2, -0.15) is 0 Å². The molecule has 1 saturated carbocycles. The second kappa shape index (κ2) is 9.76. The molecule has 1 aromatic carbocycles. The Hall–Kier alpha value is -2.53. The van der Waals surface area contributed by atoms with Crippen molar-refractivity contribution in [3.05, 3.63) is 45.7 Å². The zero-order chi connectivity index (χ0) is 22.8. The minimum Gasteiger partial charge on any atom is -0.346 e. The van der Waals surface area contributed by atoms with Crippen LogP contribution in [0.3, 0.4) is 0 Å². The van der Waals surface area contributed by atoms with Crippen molar-refractivity contribution in [3.8, 4) is 0 Å². The van der Waals surface area contributed by atoms with Crippen molar-refractivity contribution in [2.24, 2.45) is 5.92 Å². The van der Waals surface area contributed by atoms with Gasteiger partial charge in [0.15, 0.2) is 5.16 Å². The smallest absolute Gasteiger partial charge is 0.282 e. The summed E-state index contributed by atoms with van der Waals surface area (Å²) in [5.41, 5.74) is 0.823. The van der Waals surface area contributed by atoms with Gasteiger partial charge in [0.05, 0.1) is 5.75 Å². The Morgan fingerprint density at radius 2 is 1.88 bits per heavy atom. The molecule has 5 rings (SSSR count). The SMILES string of the molecule is CC1CCN(c2nnc(SCc3nnc(C(=O)NCc4ccc(F)cc4)s3)n2C2CC2)CC1. The Kier molecular flexibility index (Phi) is 6.59. The van der Waals surface area contributed by atoms with E-state index in [0.717, 1.165) is 40.7 Å². The standard InChI is InChI=1S/C22H26FN7OS2/c1-14-8-10-29(11-9-14)21-27-28-22(30(21)17-6-7-17)32-13-18-25-26-20(33-18)19(31)24-12-15-2-4-16(23)5-3-15/h2-5,14,17H,6-13H2,1H3,(H,24,31). The second-order valence-corrected chi connectivity index (χ2v) is 10.7. The monoisotopic (exact) mass is 487 g/mol. The first-order chi connectivity index (χ1) is 16.1. The molecule has 0 radical (unpaired) electrons. The lowest BCUT2D eigenvalue weighted by atomic mass is 10.00. The molecule has 1 aliphatic carbocycles. The lowest BCUT2D eigenvalue weighted by Gasteiger charge is -2.31. The molecule has 174 valence electrons. The molecule has 3 heterocycles. The fraction of sp³-hybridized carbons (Fsp3) is 0.500. The molecule has 2 aliphatic rings. The van der Waals surface area contributed by atoms with Crippen LogP contribution in [0.1, 0.15) is 59.0 Å².